The van der Waals surface area contributed by atoms with E-state index in [2.05, 4.69) is 58.5 Å². The Bertz CT molecular complexity index is 1190. The third kappa shape index (κ3) is 4.30. The molecule has 0 amide bonds. The van der Waals surface area contributed by atoms with E-state index in [0.29, 0.717) is 29.8 Å². The molecule has 32 heavy (non-hydrogen) atoms. The van der Waals surface area contributed by atoms with Crippen molar-refractivity contribution in [2.45, 2.75) is 44.1 Å². The monoisotopic (exact) mass is 448 g/mol. The van der Waals surface area contributed by atoms with E-state index in [1.165, 1.54) is 5.56 Å². The molecule has 1 heterocycles. The molecule has 0 aliphatic heterocycles. The Kier molecular flexibility index (Phi) is 5.75. The minimum absolute atomic E-state index is 0.0164. The maximum absolute atomic E-state index is 11.1. The van der Waals surface area contributed by atoms with E-state index in [4.69, 9.17) is 21.4 Å². The number of rotatable bonds is 5. The first kappa shape index (κ1) is 20.8. The molecule has 1 aromatic heterocycles. The van der Waals surface area contributed by atoms with Crippen LogP contribution in [0.1, 0.15) is 43.6 Å². The highest BCUT2D eigenvalue weighted by Gasteiger charge is 2.27. The normalized spacial score (nSPS) is 22.8. The highest BCUT2D eigenvalue weighted by atomic mass is 35.5. The summed E-state index contributed by atoms with van der Waals surface area (Å²) in [5.74, 6) is -0.554. The molecule has 2 aliphatic carbocycles. The molecule has 3 aromatic rings. The van der Waals surface area contributed by atoms with E-state index in [0.717, 1.165) is 41.4 Å². The van der Waals surface area contributed by atoms with Crippen LogP contribution in [0, 0.1) is 5.92 Å². The number of aromatic nitrogens is 2. The average molecular weight is 449 g/mol. The molecule has 1 unspecified atom stereocenters. The summed E-state index contributed by atoms with van der Waals surface area (Å²) in [5.41, 5.74) is 4.89. The van der Waals surface area contributed by atoms with Gasteiger partial charge in [0.2, 0.25) is 0 Å². The molecule has 5 rings (SSSR count). The maximum atomic E-state index is 11.1. The summed E-state index contributed by atoms with van der Waals surface area (Å²) in [6.07, 6.45) is 12.3. The minimum Gasteiger partial charge on any atom is -0.481 e. The highest BCUT2D eigenvalue weighted by molar-refractivity contribution is 6.34. The van der Waals surface area contributed by atoms with E-state index in [-0.39, 0.29) is 12.0 Å². The number of carbonyl (C=O) groups is 1. The van der Waals surface area contributed by atoms with Gasteiger partial charge in [0.25, 0.3) is 6.01 Å². The summed E-state index contributed by atoms with van der Waals surface area (Å²) in [7, 11) is 0. The first-order chi connectivity index (χ1) is 15.6. The number of ether oxygens (including phenoxy) is 1. The van der Waals surface area contributed by atoms with Gasteiger partial charge in [0, 0.05) is 11.5 Å². The summed E-state index contributed by atoms with van der Waals surface area (Å²) in [5, 5.41) is 9.81. The first-order valence-electron chi connectivity index (χ1n) is 11.1. The lowest BCUT2D eigenvalue weighted by Gasteiger charge is -2.25. The van der Waals surface area contributed by atoms with Crippen molar-refractivity contribution in [2.24, 2.45) is 5.92 Å². The number of benzene rings is 2. The number of allylic oxidation sites excluding steroid dienone is 4. The molecular formula is C26H25ClN2O3. The average Bonchev–Trinajstić information content (AvgIpc) is 3.20. The van der Waals surface area contributed by atoms with Gasteiger partial charge >= 0.3 is 5.97 Å². The molecule has 0 saturated heterocycles. The number of H-pyrrole nitrogens is 1. The van der Waals surface area contributed by atoms with E-state index in [9.17, 15) is 4.79 Å². The largest absolute Gasteiger partial charge is 0.481 e. The second kappa shape index (κ2) is 8.83. The molecule has 164 valence electrons. The zero-order valence-electron chi connectivity index (χ0n) is 17.6. The van der Waals surface area contributed by atoms with Crippen LogP contribution in [0.4, 0.5) is 0 Å². The van der Waals surface area contributed by atoms with Crippen molar-refractivity contribution in [3.8, 4) is 17.1 Å². The van der Waals surface area contributed by atoms with Gasteiger partial charge in [-0.05, 0) is 55.4 Å². The number of aliphatic carboxylic acids is 1. The minimum atomic E-state index is -0.713. The van der Waals surface area contributed by atoms with E-state index in [1.54, 1.807) is 0 Å². The van der Waals surface area contributed by atoms with Crippen molar-refractivity contribution in [3.63, 3.8) is 0 Å². The number of nitrogens with one attached hydrogen (secondary N) is 1. The zero-order chi connectivity index (χ0) is 22.1. The molecule has 6 heteroatoms. The molecule has 1 atom stereocenters. The molecule has 1 saturated carbocycles. The number of carboxylic acid groups (broad SMARTS) is 1. The van der Waals surface area contributed by atoms with Crippen LogP contribution in [0.5, 0.6) is 6.01 Å². The summed E-state index contributed by atoms with van der Waals surface area (Å²) >= 11 is 6.61. The number of aromatic amines is 1. The van der Waals surface area contributed by atoms with E-state index >= 15 is 0 Å². The lowest BCUT2D eigenvalue weighted by atomic mass is 9.87. The highest BCUT2D eigenvalue weighted by Crippen LogP contribution is 2.34. The molecular weight excluding hydrogens is 424 g/mol. The second-order valence-electron chi connectivity index (χ2n) is 8.60. The summed E-state index contributed by atoms with van der Waals surface area (Å²) in [6.45, 7) is 0. The molecule has 0 radical (unpaired) electrons. The molecule has 0 bridgehead atoms. The van der Waals surface area contributed by atoms with Gasteiger partial charge in [0.1, 0.15) is 6.10 Å². The molecule has 0 spiro atoms. The van der Waals surface area contributed by atoms with Gasteiger partial charge in [-0.1, -0.05) is 60.2 Å². The van der Waals surface area contributed by atoms with Gasteiger partial charge in [-0.3, -0.25) is 4.79 Å². The van der Waals surface area contributed by atoms with Crippen molar-refractivity contribution in [1.29, 1.82) is 0 Å². The van der Waals surface area contributed by atoms with Crippen molar-refractivity contribution < 1.29 is 14.6 Å². The lowest BCUT2D eigenvalue weighted by Crippen LogP contribution is -2.28. The molecule has 2 aliphatic rings. The van der Waals surface area contributed by atoms with Crippen molar-refractivity contribution in [1.82, 2.24) is 9.97 Å². The quantitative estimate of drug-likeness (QED) is 0.466. The van der Waals surface area contributed by atoms with Crippen LogP contribution in [0.2, 0.25) is 5.02 Å². The predicted molar refractivity (Wildman–Crippen MR) is 126 cm³/mol. The lowest BCUT2D eigenvalue weighted by molar-refractivity contribution is -0.143. The summed E-state index contributed by atoms with van der Waals surface area (Å²) < 4.78 is 6.02. The van der Waals surface area contributed by atoms with Crippen LogP contribution < -0.4 is 4.74 Å². The Labute approximate surface area is 191 Å². The van der Waals surface area contributed by atoms with Crippen LogP contribution in [-0.2, 0) is 4.79 Å². The van der Waals surface area contributed by atoms with Gasteiger partial charge in [-0.15, -0.1) is 0 Å². The number of imidazole rings is 1. The number of hydrogen-bond acceptors (Lipinski definition) is 3. The number of fused-ring (bicyclic) bond motifs is 1. The number of hydrogen-bond donors (Lipinski definition) is 2. The van der Waals surface area contributed by atoms with Crippen LogP contribution in [-0.4, -0.2) is 27.1 Å². The van der Waals surface area contributed by atoms with E-state index in [1.807, 2.05) is 12.1 Å². The Morgan fingerprint density at radius 3 is 2.56 bits per heavy atom. The van der Waals surface area contributed by atoms with E-state index < -0.39 is 5.97 Å². The smallest absolute Gasteiger partial charge is 0.306 e. The Morgan fingerprint density at radius 1 is 1.09 bits per heavy atom. The second-order valence-corrected chi connectivity index (χ2v) is 9.01. The first-order valence-corrected chi connectivity index (χ1v) is 11.5. The maximum Gasteiger partial charge on any atom is 0.306 e. The Morgan fingerprint density at radius 2 is 1.88 bits per heavy atom. The van der Waals surface area contributed by atoms with Gasteiger partial charge in [-0.25, -0.2) is 0 Å². The fraction of sp³-hybridized carbons (Fsp3) is 0.308. The van der Waals surface area contributed by atoms with Gasteiger partial charge in [0.05, 0.1) is 22.0 Å². The number of nitrogens with zero attached hydrogens (tertiary/aromatic N) is 1. The number of carboxylic acids is 1. The third-order valence-corrected chi connectivity index (χ3v) is 6.79. The van der Waals surface area contributed by atoms with Crippen LogP contribution in [0.3, 0.4) is 0 Å². The predicted octanol–water partition coefficient (Wildman–Crippen LogP) is 6.51. The van der Waals surface area contributed by atoms with Crippen molar-refractivity contribution >= 4 is 28.6 Å². The van der Waals surface area contributed by atoms with Crippen LogP contribution >= 0.6 is 11.6 Å². The molecule has 2 N–H and O–H groups in total. The molecule has 5 nitrogen and oxygen atoms in total. The van der Waals surface area contributed by atoms with Gasteiger partial charge in [0.15, 0.2) is 0 Å². The zero-order valence-corrected chi connectivity index (χ0v) is 18.4. The third-order valence-electron chi connectivity index (χ3n) is 6.48. The summed E-state index contributed by atoms with van der Waals surface area (Å²) in [6, 6.07) is 12.9. The standard InChI is InChI=1S/C26H25ClN2O3/c27-22-15-24-23(28-26(29-24)32-20-12-10-19(11-13-20)25(30)31)14-21(22)18-8-6-17(7-9-18)16-4-2-1-3-5-16/h1-4,6-9,14-16,19-20H,5,10-13H2,(H,28,29)(H,30,31). The Balaban J connectivity index is 1.33. The SMILES string of the molecule is O=C(O)C1CCC(Oc2nc3cc(-c4ccc(C5C=CC=CC5)cc4)c(Cl)cc3[nH]2)CC1. The molecule has 2 aromatic carbocycles. The summed E-state index contributed by atoms with van der Waals surface area (Å²) in [4.78, 5) is 18.9. The van der Waals surface area contributed by atoms with Gasteiger partial charge in [-0.2, -0.15) is 4.98 Å². The number of halogens is 1. The fourth-order valence-corrected chi connectivity index (χ4v) is 4.88. The molecule has 1 fully saturated rings. The van der Waals surface area contributed by atoms with Gasteiger partial charge < -0.3 is 14.8 Å². The van der Waals surface area contributed by atoms with Crippen molar-refractivity contribution in [3.05, 3.63) is 71.3 Å². The topological polar surface area (TPSA) is 75.2 Å². The van der Waals surface area contributed by atoms with Crippen molar-refractivity contribution in [2.75, 3.05) is 0 Å². The van der Waals surface area contributed by atoms with Crippen LogP contribution in [0.25, 0.3) is 22.2 Å². The Hall–Kier alpha value is -3.05. The fourth-order valence-electron chi connectivity index (χ4n) is 4.61. The van der Waals surface area contributed by atoms with Crippen LogP contribution in [0.15, 0.2) is 60.7 Å².